The fourth-order valence-corrected chi connectivity index (χ4v) is 2.60. The molecule has 0 unspecified atom stereocenters. The van der Waals surface area contributed by atoms with E-state index in [9.17, 15) is 0 Å². The second kappa shape index (κ2) is 5.05. The summed E-state index contributed by atoms with van der Waals surface area (Å²) in [6.07, 6.45) is 4.87. The first-order valence-electron chi connectivity index (χ1n) is 6.59. The Hall–Kier alpha value is -1.08. The Morgan fingerprint density at radius 3 is 2.41 bits per heavy atom. The first-order chi connectivity index (χ1) is 8.09. The molecule has 1 aliphatic carbocycles. The maximum absolute atomic E-state index is 6.30. The summed E-state index contributed by atoms with van der Waals surface area (Å²) in [5.74, 6) is 0.689. The Kier molecular flexibility index (Phi) is 3.68. The van der Waals surface area contributed by atoms with Gasteiger partial charge in [0, 0.05) is 6.04 Å². The average Bonchev–Trinajstić information content (AvgIpc) is 2.21. The van der Waals surface area contributed by atoms with Gasteiger partial charge >= 0.3 is 0 Å². The minimum atomic E-state index is 0.125. The topological polar surface area (TPSA) is 26.0 Å². The number of nitrogens with two attached hydrogens (primary N) is 1. The molecule has 0 saturated heterocycles. The Morgan fingerprint density at radius 2 is 1.94 bits per heavy atom. The van der Waals surface area contributed by atoms with E-state index in [0.29, 0.717) is 5.92 Å². The fourth-order valence-electron chi connectivity index (χ4n) is 2.60. The van der Waals surface area contributed by atoms with Crippen LogP contribution in [0.5, 0.6) is 0 Å². The summed E-state index contributed by atoms with van der Waals surface area (Å²) in [5.41, 5.74) is 11.7. The minimum Gasteiger partial charge on any atom is -0.324 e. The Morgan fingerprint density at radius 1 is 1.35 bits per heavy atom. The molecule has 1 saturated carbocycles. The van der Waals surface area contributed by atoms with Crippen molar-refractivity contribution in [3.8, 4) is 0 Å². The van der Waals surface area contributed by atoms with E-state index in [2.05, 4.69) is 38.6 Å². The zero-order valence-corrected chi connectivity index (χ0v) is 11.0. The maximum atomic E-state index is 6.30. The second-order valence-electron chi connectivity index (χ2n) is 5.38. The number of hydrogen-bond donors (Lipinski definition) is 1. The van der Waals surface area contributed by atoms with Crippen LogP contribution >= 0.6 is 0 Å². The molecule has 1 heteroatoms. The summed E-state index contributed by atoms with van der Waals surface area (Å²) >= 11 is 0. The molecule has 17 heavy (non-hydrogen) atoms. The van der Waals surface area contributed by atoms with Gasteiger partial charge in [0.05, 0.1) is 0 Å². The Labute approximate surface area is 105 Å². The van der Waals surface area contributed by atoms with Crippen LogP contribution < -0.4 is 5.73 Å². The van der Waals surface area contributed by atoms with Crippen molar-refractivity contribution < 1.29 is 0 Å². The molecule has 0 amide bonds. The minimum absolute atomic E-state index is 0.125. The van der Waals surface area contributed by atoms with E-state index in [-0.39, 0.29) is 6.04 Å². The molecule has 1 aromatic carbocycles. The first-order valence-corrected chi connectivity index (χ1v) is 6.59. The van der Waals surface area contributed by atoms with Gasteiger partial charge in [0.2, 0.25) is 0 Å². The molecule has 0 aromatic heterocycles. The van der Waals surface area contributed by atoms with E-state index < -0.39 is 0 Å². The fraction of sp³-hybridized carbons (Fsp3) is 0.500. The molecule has 0 radical (unpaired) electrons. The molecule has 0 aliphatic heterocycles. The molecule has 1 fully saturated rings. The van der Waals surface area contributed by atoms with Crippen molar-refractivity contribution >= 4 is 0 Å². The smallest absolute Gasteiger partial charge is 0.0294 e. The van der Waals surface area contributed by atoms with E-state index in [1.54, 1.807) is 0 Å². The lowest BCUT2D eigenvalue weighted by Gasteiger charge is -2.31. The van der Waals surface area contributed by atoms with Crippen molar-refractivity contribution in [2.24, 2.45) is 11.7 Å². The summed E-state index contributed by atoms with van der Waals surface area (Å²) in [6.45, 7) is 8.54. The van der Waals surface area contributed by atoms with E-state index in [1.807, 2.05) is 0 Å². The van der Waals surface area contributed by atoms with Crippen molar-refractivity contribution in [1.82, 2.24) is 0 Å². The lowest BCUT2D eigenvalue weighted by atomic mass is 9.76. The van der Waals surface area contributed by atoms with Crippen LogP contribution in [0, 0.1) is 19.8 Å². The summed E-state index contributed by atoms with van der Waals surface area (Å²) < 4.78 is 0. The molecule has 0 bridgehead atoms. The Balaban J connectivity index is 2.07. The third-order valence-corrected chi connectivity index (χ3v) is 4.17. The molecule has 2 rings (SSSR count). The monoisotopic (exact) mass is 229 g/mol. The molecule has 2 N–H and O–H groups in total. The highest BCUT2D eigenvalue weighted by Crippen LogP contribution is 2.34. The molecular weight excluding hydrogens is 206 g/mol. The first kappa shape index (κ1) is 12.4. The lowest BCUT2D eigenvalue weighted by molar-refractivity contribution is 0.351. The predicted molar refractivity (Wildman–Crippen MR) is 74.1 cm³/mol. The SMILES string of the molecule is C=C(C1CCC1)[C@@H](N)Cc1c(C)cccc1C. The van der Waals surface area contributed by atoms with Crippen molar-refractivity contribution in [1.29, 1.82) is 0 Å². The number of benzene rings is 1. The van der Waals surface area contributed by atoms with Crippen LogP contribution in [0.25, 0.3) is 0 Å². The highest BCUT2D eigenvalue weighted by molar-refractivity contribution is 5.35. The van der Waals surface area contributed by atoms with Gasteiger partial charge in [-0.1, -0.05) is 36.8 Å². The van der Waals surface area contributed by atoms with Crippen LogP contribution in [0.4, 0.5) is 0 Å². The quantitative estimate of drug-likeness (QED) is 0.785. The van der Waals surface area contributed by atoms with Crippen molar-refractivity contribution in [3.63, 3.8) is 0 Å². The molecule has 1 aromatic rings. The lowest BCUT2D eigenvalue weighted by Crippen LogP contribution is -2.31. The predicted octanol–water partition coefficient (Wildman–Crippen LogP) is 3.53. The number of aryl methyl sites for hydroxylation is 2. The Bertz CT molecular complexity index is 395. The van der Waals surface area contributed by atoms with Crippen molar-refractivity contribution in [3.05, 3.63) is 47.0 Å². The summed E-state index contributed by atoms with van der Waals surface area (Å²) in [6, 6.07) is 6.57. The van der Waals surface area contributed by atoms with Crippen LogP contribution in [0.15, 0.2) is 30.4 Å². The molecular formula is C16H23N. The second-order valence-corrected chi connectivity index (χ2v) is 5.38. The normalized spacial score (nSPS) is 17.6. The largest absolute Gasteiger partial charge is 0.324 e. The van der Waals surface area contributed by atoms with Gasteiger partial charge in [0.1, 0.15) is 0 Å². The number of hydrogen-bond acceptors (Lipinski definition) is 1. The third kappa shape index (κ3) is 2.61. The standard InChI is InChI=1S/C16H23N/c1-11-6-4-7-12(2)15(11)10-16(17)13(3)14-8-5-9-14/h4,6-7,14,16H,3,5,8-10,17H2,1-2H3/t16-/m0/s1. The van der Waals surface area contributed by atoms with Gasteiger partial charge < -0.3 is 5.73 Å². The van der Waals surface area contributed by atoms with Gasteiger partial charge in [-0.2, -0.15) is 0 Å². The van der Waals surface area contributed by atoms with E-state index in [1.165, 1.54) is 41.5 Å². The molecule has 1 aliphatic rings. The molecule has 0 spiro atoms. The van der Waals surface area contributed by atoms with Crippen LogP contribution in [-0.2, 0) is 6.42 Å². The van der Waals surface area contributed by atoms with Crippen LogP contribution in [0.3, 0.4) is 0 Å². The van der Waals surface area contributed by atoms with Crippen molar-refractivity contribution in [2.75, 3.05) is 0 Å². The van der Waals surface area contributed by atoms with Gasteiger partial charge in [-0.3, -0.25) is 0 Å². The molecule has 0 heterocycles. The van der Waals surface area contributed by atoms with Gasteiger partial charge in [0.15, 0.2) is 0 Å². The van der Waals surface area contributed by atoms with Gasteiger partial charge in [0.25, 0.3) is 0 Å². The molecule has 1 nitrogen and oxygen atoms in total. The summed E-state index contributed by atoms with van der Waals surface area (Å²) in [5, 5.41) is 0. The highest BCUT2D eigenvalue weighted by Gasteiger charge is 2.24. The molecule has 1 atom stereocenters. The van der Waals surface area contributed by atoms with Gasteiger partial charge in [-0.15, -0.1) is 0 Å². The average molecular weight is 229 g/mol. The van der Waals surface area contributed by atoms with E-state index in [4.69, 9.17) is 5.73 Å². The van der Waals surface area contributed by atoms with Gasteiger partial charge in [-0.25, -0.2) is 0 Å². The van der Waals surface area contributed by atoms with Crippen LogP contribution in [0.1, 0.15) is 36.0 Å². The van der Waals surface area contributed by atoms with E-state index >= 15 is 0 Å². The zero-order valence-electron chi connectivity index (χ0n) is 11.0. The highest BCUT2D eigenvalue weighted by atomic mass is 14.6. The van der Waals surface area contributed by atoms with E-state index in [0.717, 1.165) is 6.42 Å². The summed E-state index contributed by atoms with van der Waals surface area (Å²) in [4.78, 5) is 0. The van der Waals surface area contributed by atoms with Crippen LogP contribution in [-0.4, -0.2) is 6.04 Å². The molecule has 92 valence electrons. The zero-order chi connectivity index (χ0) is 12.4. The van der Waals surface area contributed by atoms with Crippen molar-refractivity contribution in [2.45, 2.75) is 45.6 Å². The maximum Gasteiger partial charge on any atom is 0.0294 e. The van der Waals surface area contributed by atoms with Crippen LogP contribution in [0.2, 0.25) is 0 Å². The summed E-state index contributed by atoms with van der Waals surface area (Å²) in [7, 11) is 0. The number of rotatable bonds is 4. The van der Waals surface area contributed by atoms with Gasteiger partial charge in [-0.05, 0) is 55.7 Å². The third-order valence-electron chi connectivity index (χ3n) is 4.17.